The number of nitrogens with zero attached hydrogens (tertiary/aromatic N) is 4. The van der Waals surface area contributed by atoms with Crippen LogP contribution in [0.5, 0.6) is 0 Å². The fraction of sp³-hybridized carbons (Fsp3) is 0.296. The zero-order valence-electron chi connectivity index (χ0n) is 20.8. The molecule has 1 aliphatic heterocycles. The van der Waals surface area contributed by atoms with Crippen molar-refractivity contribution in [2.45, 2.75) is 37.0 Å². The lowest BCUT2D eigenvalue weighted by molar-refractivity contribution is 0.0987. The van der Waals surface area contributed by atoms with Crippen LogP contribution in [0.15, 0.2) is 59.1 Å². The standard InChI is InChI=1S/C27H27N5O3S2/c1-16(2)37(33,34)19-6-4-18(5-7-19)22-15-36-24-23(22)30-26(21-9-11-29-25-20(21)8-10-28-25)31-27(24)32-12-13-35-14-17(32)3/h4-11,15-17H,12-14H2,1-3H3,(H,28,29)/t17-/m1/s1. The van der Waals surface area contributed by atoms with E-state index in [1.54, 1.807) is 43.5 Å². The smallest absolute Gasteiger partial charge is 0.180 e. The number of benzene rings is 1. The van der Waals surface area contributed by atoms with Crippen LogP contribution in [0.1, 0.15) is 20.8 Å². The number of aromatic nitrogens is 4. The molecule has 5 aromatic rings. The zero-order chi connectivity index (χ0) is 25.7. The molecule has 5 heterocycles. The number of ether oxygens (including phenoxy) is 1. The highest BCUT2D eigenvalue weighted by Crippen LogP contribution is 2.40. The minimum Gasteiger partial charge on any atom is -0.377 e. The Morgan fingerprint density at radius 3 is 2.68 bits per heavy atom. The second-order valence-electron chi connectivity index (χ2n) is 9.53. The Labute approximate surface area is 219 Å². The van der Waals surface area contributed by atoms with Crippen molar-refractivity contribution in [3.63, 3.8) is 0 Å². The Bertz CT molecular complexity index is 1710. The van der Waals surface area contributed by atoms with E-state index in [0.29, 0.717) is 23.9 Å². The molecule has 1 atom stereocenters. The summed E-state index contributed by atoms with van der Waals surface area (Å²) in [5, 5.41) is 2.57. The maximum atomic E-state index is 12.6. The molecule has 6 rings (SSSR count). The zero-order valence-corrected chi connectivity index (χ0v) is 22.4. The molecule has 0 unspecified atom stereocenters. The quantitative estimate of drug-likeness (QED) is 0.327. The van der Waals surface area contributed by atoms with Gasteiger partial charge in [0.05, 0.1) is 39.6 Å². The molecule has 190 valence electrons. The third kappa shape index (κ3) is 4.09. The molecule has 1 saturated heterocycles. The van der Waals surface area contributed by atoms with E-state index >= 15 is 0 Å². The monoisotopic (exact) mass is 533 g/mol. The number of aromatic amines is 1. The third-order valence-corrected chi connectivity index (χ3v) is 9.99. The molecule has 0 amide bonds. The first kappa shape index (κ1) is 24.0. The molecule has 8 nitrogen and oxygen atoms in total. The van der Waals surface area contributed by atoms with E-state index in [4.69, 9.17) is 14.7 Å². The van der Waals surface area contributed by atoms with Crippen LogP contribution in [-0.4, -0.2) is 59.4 Å². The van der Waals surface area contributed by atoms with Crippen LogP contribution in [0.4, 0.5) is 5.82 Å². The van der Waals surface area contributed by atoms with Crippen LogP contribution < -0.4 is 4.90 Å². The van der Waals surface area contributed by atoms with Gasteiger partial charge < -0.3 is 14.6 Å². The Morgan fingerprint density at radius 1 is 1.11 bits per heavy atom. The van der Waals surface area contributed by atoms with E-state index in [-0.39, 0.29) is 6.04 Å². The number of pyridine rings is 1. The normalized spacial score (nSPS) is 16.8. The van der Waals surface area contributed by atoms with Gasteiger partial charge in [-0.3, -0.25) is 0 Å². The highest BCUT2D eigenvalue weighted by atomic mass is 32.2. The lowest BCUT2D eigenvalue weighted by atomic mass is 10.1. The second-order valence-corrected chi connectivity index (χ2v) is 12.9. The van der Waals surface area contributed by atoms with Crippen LogP contribution in [-0.2, 0) is 14.6 Å². The first-order chi connectivity index (χ1) is 17.8. The van der Waals surface area contributed by atoms with E-state index in [0.717, 1.165) is 50.3 Å². The fourth-order valence-electron chi connectivity index (χ4n) is 4.72. The van der Waals surface area contributed by atoms with Gasteiger partial charge in [0.15, 0.2) is 21.5 Å². The van der Waals surface area contributed by atoms with Crippen LogP contribution in [0, 0.1) is 0 Å². The van der Waals surface area contributed by atoms with Gasteiger partial charge in [-0.15, -0.1) is 11.3 Å². The number of sulfone groups is 1. The molecule has 1 aromatic carbocycles. The first-order valence-electron chi connectivity index (χ1n) is 12.2. The second kappa shape index (κ2) is 9.20. The molecule has 1 N–H and O–H groups in total. The summed E-state index contributed by atoms with van der Waals surface area (Å²) in [5.74, 6) is 1.53. The summed E-state index contributed by atoms with van der Waals surface area (Å²) in [4.78, 5) is 20.4. The number of rotatable bonds is 5. The maximum absolute atomic E-state index is 12.6. The van der Waals surface area contributed by atoms with Crippen LogP contribution in [0.25, 0.3) is 43.8 Å². The Kier molecular flexibility index (Phi) is 5.97. The summed E-state index contributed by atoms with van der Waals surface area (Å²) >= 11 is 1.61. The SMILES string of the molecule is CC(C)S(=O)(=O)c1ccc(-c2csc3c(N4CCOC[C@H]4C)nc(-c4ccnc5[nH]ccc45)nc23)cc1. The average Bonchev–Trinajstić information content (AvgIpc) is 3.56. The van der Waals surface area contributed by atoms with Crippen LogP contribution in [0.2, 0.25) is 0 Å². The number of anilines is 1. The Balaban J connectivity index is 1.55. The predicted molar refractivity (Wildman–Crippen MR) is 148 cm³/mol. The van der Waals surface area contributed by atoms with Gasteiger partial charge in [0.25, 0.3) is 0 Å². The molecule has 10 heteroatoms. The van der Waals surface area contributed by atoms with Crippen molar-refractivity contribution in [3.05, 3.63) is 54.2 Å². The van der Waals surface area contributed by atoms with Crippen molar-refractivity contribution in [2.75, 3.05) is 24.7 Å². The first-order valence-corrected chi connectivity index (χ1v) is 14.7. The minimum absolute atomic E-state index is 0.176. The van der Waals surface area contributed by atoms with Gasteiger partial charge in [0.2, 0.25) is 0 Å². The van der Waals surface area contributed by atoms with E-state index in [1.807, 2.05) is 30.5 Å². The number of hydrogen-bond acceptors (Lipinski definition) is 8. The molecule has 0 bridgehead atoms. The minimum atomic E-state index is -3.34. The molecule has 4 aromatic heterocycles. The van der Waals surface area contributed by atoms with Crippen molar-refractivity contribution in [1.82, 2.24) is 19.9 Å². The number of morpholine rings is 1. The van der Waals surface area contributed by atoms with Gasteiger partial charge in [0.1, 0.15) is 5.65 Å². The molecule has 0 radical (unpaired) electrons. The highest BCUT2D eigenvalue weighted by Gasteiger charge is 2.26. The van der Waals surface area contributed by atoms with Gasteiger partial charge in [0, 0.05) is 40.8 Å². The topological polar surface area (TPSA) is 101 Å². The lowest BCUT2D eigenvalue weighted by Gasteiger charge is -2.34. The van der Waals surface area contributed by atoms with E-state index in [9.17, 15) is 8.42 Å². The highest BCUT2D eigenvalue weighted by molar-refractivity contribution is 7.92. The summed E-state index contributed by atoms with van der Waals surface area (Å²) in [5.41, 5.74) is 4.42. The van der Waals surface area contributed by atoms with Crippen LogP contribution >= 0.6 is 11.3 Å². The molecule has 0 aliphatic carbocycles. The van der Waals surface area contributed by atoms with Crippen molar-refractivity contribution in [1.29, 1.82) is 0 Å². The largest absolute Gasteiger partial charge is 0.377 e. The van der Waals surface area contributed by atoms with Crippen molar-refractivity contribution in [2.24, 2.45) is 0 Å². The summed E-state index contributed by atoms with van der Waals surface area (Å²) in [7, 11) is -3.34. The number of H-pyrrole nitrogens is 1. The molecular weight excluding hydrogens is 506 g/mol. The summed E-state index contributed by atoms with van der Waals surface area (Å²) in [6.07, 6.45) is 3.63. The Hall–Kier alpha value is -3.34. The van der Waals surface area contributed by atoms with Gasteiger partial charge in [-0.05, 0) is 50.6 Å². The van der Waals surface area contributed by atoms with Gasteiger partial charge in [-0.25, -0.2) is 23.4 Å². The lowest BCUT2D eigenvalue weighted by Crippen LogP contribution is -2.44. The molecule has 1 fully saturated rings. The molecular formula is C27H27N5O3S2. The molecule has 0 spiro atoms. The maximum Gasteiger partial charge on any atom is 0.180 e. The Morgan fingerprint density at radius 2 is 1.92 bits per heavy atom. The van der Waals surface area contributed by atoms with Gasteiger partial charge >= 0.3 is 0 Å². The summed E-state index contributed by atoms with van der Waals surface area (Å²) < 4.78 is 32.0. The number of nitrogens with one attached hydrogen (secondary N) is 1. The fourth-order valence-corrected chi connectivity index (χ4v) is 6.80. The summed E-state index contributed by atoms with van der Waals surface area (Å²) in [6, 6.07) is 11.2. The average molecular weight is 534 g/mol. The van der Waals surface area contributed by atoms with Crippen molar-refractivity contribution in [3.8, 4) is 22.5 Å². The van der Waals surface area contributed by atoms with Crippen LogP contribution in [0.3, 0.4) is 0 Å². The number of fused-ring (bicyclic) bond motifs is 2. The number of hydrogen-bond donors (Lipinski definition) is 1. The molecule has 37 heavy (non-hydrogen) atoms. The van der Waals surface area contributed by atoms with Crippen molar-refractivity contribution < 1.29 is 13.2 Å². The molecule has 0 saturated carbocycles. The molecule has 1 aliphatic rings. The van der Waals surface area contributed by atoms with Gasteiger partial charge in [-0.1, -0.05) is 12.1 Å². The van der Waals surface area contributed by atoms with Crippen molar-refractivity contribution >= 4 is 48.2 Å². The predicted octanol–water partition coefficient (Wildman–Crippen LogP) is 5.31. The van der Waals surface area contributed by atoms with E-state index in [1.165, 1.54) is 0 Å². The third-order valence-electron chi connectivity index (χ3n) is 6.85. The van der Waals surface area contributed by atoms with E-state index < -0.39 is 15.1 Å². The number of thiophene rings is 1. The van der Waals surface area contributed by atoms with Gasteiger partial charge in [-0.2, -0.15) is 0 Å². The van der Waals surface area contributed by atoms with E-state index in [2.05, 4.69) is 27.2 Å². The summed E-state index contributed by atoms with van der Waals surface area (Å²) in [6.45, 7) is 7.57.